The summed E-state index contributed by atoms with van der Waals surface area (Å²) in [6, 6.07) is 14.3. The standard InChI is InChI=1S/C25H20F2N2O4S/c1-4-13-29-20-14-19(26)21(22(27)23(20)28-25(29)34(3,31)32)17-9-5-15(6-10-17)16-7-11-18(12-8-16)24(30)33-2/h4-12,14H,1,13H2,2-3H3. The van der Waals surface area contributed by atoms with E-state index in [1.807, 2.05) is 0 Å². The number of esters is 1. The summed E-state index contributed by atoms with van der Waals surface area (Å²) in [7, 11) is -2.48. The number of imidazole rings is 1. The molecule has 0 atom stereocenters. The van der Waals surface area contributed by atoms with Crippen LogP contribution in [0.4, 0.5) is 8.78 Å². The van der Waals surface area contributed by atoms with Crippen LogP contribution in [0.15, 0.2) is 72.4 Å². The van der Waals surface area contributed by atoms with Crippen LogP contribution in [-0.2, 0) is 21.1 Å². The lowest BCUT2D eigenvalue weighted by Crippen LogP contribution is -2.08. The fourth-order valence-electron chi connectivity index (χ4n) is 3.77. The van der Waals surface area contributed by atoms with E-state index in [4.69, 9.17) is 0 Å². The normalized spacial score (nSPS) is 11.5. The Bertz CT molecular complexity index is 1520. The molecule has 1 heterocycles. The molecule has 0 unspecified atom stereocenters. The summed E-state index contributed by atoms with van der Waals surface area (Å²) in [4.78, 5) is 15.6. The van der Waals surface area contributed by atoms with Crippen molar-refractivity contribution >= 4 is 26.8 Å². The van der Waals surface area contributed by atoms with Crippen molar-refractivity contribution in [1.29, 1.82) is 0 Å². The highest BCUT2D eigenvalue weighted by atomic mass is 32.2. The number of benzene rings is 3. The predicted molar refractivity (Wildman–Crippen MR) is 125 cm³/mol. The molecule has 4 aromatic rings. The molecule has 0 radical (unpaired) electrons. The number of ether oxygens (including phenoxy) is 1. The number of hydrogen-bond donors (Lipinski definition) is 0. The highest BCUT2D eigenvalue weighted by molar-refractivity contribution is 7.90. The molecule has 0 N–H and O–H groups in total. The third-order valence-corrected chi connectivity index (χ3v) is 6.33. The van der Waals surface area contributed by atoms with Gasteiger partial charge in [0.25, 0.3) is 0 Å². The van der Waals surface area contributed by atoms with E-state index in [0.717, 1.165) is 23.4 Å². The number of methoxy groups -OCH3 is 1. The summed E-state index contributed by atoms with van der Waals surface area (Å²) >= 11 is 0. The minimum atomic E-state index is -3.79. The fraction of sp³-hybridized carbons (Fsp3) is 0.120. The fourth-order valence-corrected chi connectivity index (χ4v) is 4.60. The van der Waals surface area contributed by atoms with E-state index in [1.165, 1.54) is 17.8 Å². The zero-order valence-electron chi connectivity index (χ0n) is 18.4. The smallest absolute Gasteiger partial charge is 0.337 e. The van der Waals surface area contributed by atoms with Crippen molar-refractivity contribution in [2.75, 3.05) is 13.4 Å². The molecule has 0 aliphatic rings. The van der Waals surface area contributed by atoms with Gasteiger partial charge in [-0.05, 0) is 28.8 Å². The molecule has 0 saturated carbocycles. The largest absolute Gasteiger partial charge is 0.465 e. The summed E-state index contributed by atoms with van der Waals surface area (Å²) in [5.41, 5.74) is 1.75. The first kappa shape index (κ1) is 23.3. The molecule has 0 amide bonds. The summed E-state index contributed by atoms with van der Waals surface area (Å²) < 4.78 is 60.7. The minimum Gasteiger partial charge on any atom is -0.465 e. The summed E-state index contributed by atoms with van der Waals surface area (Å²) in [5, 5.41) is -0.358. The van der Waals surface area contributed by atoms with Crippen LogP contribution in [-0.4, -0.2) is 37.3 Å². The van der Waals surface area contributed by atoms with E-state index >= 15 is 8.78 Å². The number of carbonyl (C=O) groups excluding carboxylic acids is 1. The maximum absolute atomic E-state index is 15.4. The summed E-state index contributed by atoms with van der Waals surface area (Å²) in [5.74, 6) is -2.24. The van der Waals surface area contributed by atoms with Gasteiger partial charge in [-0.1, -0.05) is 42.5 Å². The Kier molecular flexibility index (Phi) is 6.05. The van der Waals surface area contributed by atoms with Crippen LogP contribution in [0.3, 0.4) is 0 Å². The van der Waals surface area contributed by atoms with Gasteiger partial charge in [-0.3, -0.25) is 0 Å². The first-order valence-corrected chi connectivity index (χ1v) is 12.0. The Morgan fingerprint density at radius 2 is 1.62 bits per heavy atom. The van der Waals surface area contributed by atoms with Crippen LogP contribution in [0.2, 0.25) is 0 Å². The summed E-state index contributed by atoms with van der Waals surface area (Å²) in [6.45, 7) is 3.60. The van der Waals surface area contributed by atoms with Gasteiger partial charge in [-0.2, -0.15) is 0 Å². The van der Waals surface area contributed by atoms with E-state index in [1.54, 1.807) is 48.5 Å². The highest BCUT2D eigenvalue weighted by Crippen LogP contribution is 2.34. The Labute approximate surface area is 195 Å². The van der Waals surface area contributed by atoms with Crippen LogP contribution in [0.1, 0.15) is 10.4 Å². The second-order valence-corrected chi connectivity index (χ2v) is 9.54. The Morgan fingerprint density at radius 1 is 1.06 bits per heavy atom. The van der Waals surface area contributed by atoms with E-state index in [2.05, 4.69) is 16.3 Å². The number of carbonyl (C=O) groups is 1. The molecule has 9 heteroatoms. The molecule has 0 fully saturated rings. The Balaban J connectivity index is 1.78. The topological polar surface area (TPSA) is 78.3 Å². The van der Waals surface area contributed by atoms with Gasteiger partial charge < -0.3 is 9.30 Å². The lowest BCUT2D eigenvalue weighted by molar-refractivity contribution is 0.0600. The van der Waals surface area contributed by atoms with Gasteiger partial charge in [0.2, 0.25) is 15.0 Å². The van der Waals surface area contributed by atoms with E-state index in [-0.39, 0.29) is 33.9 Å². The van der Waals surface area contributed by atoms with Crippen molar-refractivity contribution in [1.82, 2.24) is 9.55 Å². The molecule has 6 nitrogen and oxygen atoms in total. The molecule has 4 rings (SSSR count). The number of hydrogen-bond acceptors (Lipinski definition) is 5. The number of rotatable bonds is 6. The predicted octanol–water partition coefficient (Wildman–Crippen LogP) is 5.02. The van der Waals surface area contributed by atoms with E-state index < -0.39 is 27.4 Å². The Morgan fingerprint density at radius 3 is 2.15 bits per heavy atom. The van der Waals surface area contributed by atoms with Crippen LogP contribution in [0.5, 0.6) is 0 Å². The number of halogens is 2. The molecule has 0 aliphatic carbocycles. The van der Waals surface area contributed by atoms with Crippen LogP contribution in [0.25, 0.3) is 33.3 Å². The second kappa shape index (κ2) is 8.83. The molecule has 174 valence electrons. The maximum Gasteiger partial charge on any atom is 0.337 e. The van der Waals surface area contributed by atoms with Gasteiger partial charge in [0.15, 0.2) is 5.82 Å². The molecular formula is C25H20F2N2O4S. The van der Waals surface area contributed by atoms with E-state index in [0.29, 0.717) is 5.56 Å². The number of nitrogens with zero attached hydrogens (tertiary/aromatic N) is 2. The lowest BCUT2D eigenvalue weighted by Gasteiger charge is -2.09. The summed E-state index contributed by atoms with van der Waals surface area (Å²) in [6.07, 6.45) is 2.38. The first-order chi connectivity index (χ1) is 16.2. The van der Waals surface area contributed by atoms with Crippen molar-refractivity contribution in [2.24, 2.45) is 0 Å². The van der Waals surface area contributed by atoms with Crippen LogP contribution >= 0.6 is 0 Å². The Hall–Kier alpha value is -3.85. The average Bonchev–Trinajstić information content (AvgIpc) is 3.18. The molecule has 3 aromatic carbocycles. The van der Waals surface area contributed by atoms with Crippen molar-refractivity contribution in [3.63, 3.8) is 0 Å². The van der Waals surface area contributed by atoms with Gasteiger partial charge in [0.1, 0.15) is 11.3 Å². The molecule has 0 spiro atoms. The molecule has 1 aromatic heterocycles. The molecule has 34 heavy (non-hydrogen) atoms. The van der Waals surface area contributed by atoms with Crippen molar-refractivity contribution < 1.29 is 26.7 Å². The monoisotopic (exact) mass is 482 g/mol. The molecule has 0 saturated heterocycles. The lowest BCUT2D eigenvalue weighted by atomic mass is 9.98. The van der Waals surface area contributed by atoms with Crippen molar-refractivity contribution in [2.45, 2.75) is 11.7 Å². The number of allylic oxidation sites excluding steroid dienone is 1. The maximum atomic E-state index is 15.4. The number of aromatic nitrogens is 2. The first-order valence-electron chi connectivity index (χ1n) is 10.1. The quantitative estimate of drug-likeness (QED) is 0.285. The highest BCUT2D eigenvalue weighted by Gasteiger charge is 2.25. The van der Waals surface area contributed by atoms with Gasteiger partial charge in [0.05, 0.1) is 23.8 Å². The zero-order chi connectivity index (χ0) is 24.6. The zero-order valence-corrected chi connectivity index (χ0v) is 19.2. The van der Waals surface area contributed by atoms with Crippen LogP contribution in [0, 0.1) is 11.6 Å². The molecular weight excluding hydrogens is 462 g/mol. The SMILES string of the molecule is C=CCn1c(S(C)(=O)=O)nc2c(F)c(-c3ccc(-c4ccc(C(=O)OC)cc4)cc3)c(F)cc21. The van der Waals surface area contributed by atoms with Gasteiger partial charge in [-0.15, -0.1) is 6.58 Å². The third kappa shape index (κ3) is 4.10. The van der Waals surface area contributed by atoms with Gasteiger partial charge >= 0.3 is 5.97 Å². The van der Waals surface area contributed by atoms with Gasteiger partial charge in [-0.25, -0.2) is 27.0 Å². The van der Waals surface area contributed by atoms with Crippen molar-refractivity contribution in [3.8, 4) is 22.3 Å². The third-order valence-electron chi connectivity index (χ3n) is 5.36. The number of sulfone groups is 1. The van der Waals surface area contributed by atoms with Crippen LogP contribution < -0.4 is 0 Å². The van der Waals surface area contributed by atoms with E-state index in [9.17, 15) is 13.2 Å². The minimum absolute atomic E-state index is 0.0284. The molecule has 0 aliphatic heterocycles. The van der Waals surface area contributed by atoms with Gasteiger partial charge in [0, 0.05) is 18.9 Å². The van der Waals surface area contributed by atoms with Crippen molar-refractivity contribution in [3.05, 3.63) is 84.5 Å². The average molecular weight is 483 g/mol. The second-order valence-electron chi connectivity index (χ2n) is 7.63. The number of fused-ring (bicyclic) bond motifs is 1. The molecule has 0 bridgehead atoms.